The van der Waals surface area contributed by atoms with Crippen LogP contribution in [0.5, 0.6) is 0 Å². The fraction of sp³-hybridized carbons (Fsp3) is 0.417. The van der Waals surface area contributed by atoms with E-state index in [1.165, 1.54) is 6.07 Å². The van der Waals surface area contributed by atoms with Crippen molar-refractivity contribution in [3.8, 4) is 0 Å². The van der Waals surface area contributed by atoms with Crippen molar-refractivity contribution in [2.24, 2.45) is 5.73 Å². The number of hydrogen-bond donors (Lipinski definition) is 2. The van der Waals surface area contributed by atoms with Gasteiger partial charge in [0.1, 0.15) is 11.6 Å². The Labute approximate surface area is 107 Å². The first kappa shape index (κ1) is 11.2. The smallest absolute Gasteiger partial charge is 0.139 e. The molecule has 1 aliphatic rings. The van der Waals surface area contributed by atoms with Crippen LogP contribution in [-0.4, -0.2) is 16.0 Å². The molecule has 1 aromatic carbocycles. The van der Waals surface area contributed by atoms with Gasteiger partial charge < -0.3 is 10.7 Å². The molecule has 0 amide bonds. The minimum absolute atomic E-state index is 0.268. The first-order valence-corrected chi connectivity index (χ1v) is 6.53. The Morgan fingerprint density at radius 3 is 2.94 bits per heavy atom. The first-order chi connectivity index (χ1) is 8.13. The molecule has 0 radical (unpaired) electrons. The number of nitrogens with zero attached hydrogens (tertiary/aromatic N) is 1. The van der Waals surface area contributed by atoms with Crippen LogP contribution in [0, 0.1) is 5.82 Å². The van der Waals surface area contributed by atoms with E-state index in [2.05, 4.69) is 25.9 Å². The molecule has 0 saturated heterocycles. The second kappa shape index (κ2) is 4.07. The maximum absolute atomic E-state index is 13.4. The Balaban J connectivity index is 2.02. The highest BCUT2D eigenvalue weighted by Gasteiger charge is 2.25. The quantitative estimate of drug-likeness (QED) is 0.850. The molecule has 17 heavy (non-hydrogen) atoms. The van der Waals surface area contributed by atoms with Gasteiger partial charge in [0, 0.05) is 18.0 Å². The van der Waals surface area contributed by atoms with Crippen molar-refractivity contribution in [3.05, 3.63) is 28.2 Å². The first-order valence-electron chi connectivity index (χ1n) is 5.73. The zero-order valence-corrected chi connectivity index (χ0v) is 10.8. The lowest BCUT2D eigenvalue weighted by atomic mass is 10.1. The molecule has 1 aromatic heterocycles. The Kier molecular flexibility index (Phi) is 2.67. The number of aromatic amines is 1. The summed E-state index contributed by atoms with van der Waals surface area (Å²) in [6, 6.07) is 3.46. The van der Waals surface area contributed by atoms with Gasteiger partial charge in [0.25, 0.3) is 0 Å². The minimum Gasteiger partial charge on any atom is -0.342 e. The lowest BCUT2D eigenvalue weighted by Crippen LogP contribution is -2.14. The number of rotatable bonds is 1. The predicted molar refractivity (Wildman–Crippen MR) is 68.3 cm³/mol. The topological polar surface area (TPSA) is 54.7 Å². The predicted octanol–water partition coefficient (Wildman–Crippen LogP) is 3.06. The van der Waals surface area contributed by atoms with Gasteiger partial charge in [0.2, 0.25) is 0 Å². The van der Waals surface area contributed by atoms with Crippen LogP contribution in [-0.2, 0) is 0 Å². The Morgan fingerprint density at radius 2 is 2.24 bits per heavy atom. The average Bonchev–Trinajstić information content (AvgIpc) is 2.85. The SMILES string of the molecule is NC1CCC(c2nc3cc(Br)c(F)cc3[nH]2)C1. The maximum Gasteiger partial charge on any atom is 0.139 e. The van der Waals surface area contributed by atoms with Crippen LogP contribution in [0.15, 0.2) is 16.6 Å². The standard InChI is InChI=1S/C12H13BrFN3/c13-8-4-10-11(5-9(8)14)17-12(16-10)6-1-2-7(15)3-6/h4-7H,1-3,15H2,(H,16,17). The van der Waals surface area contributed by atoms with E-state index in [0.717, 1.165) is 36.1 Å². The van der Waals surface area contributed by atoms with Crippen LogP contribution in [0.1, 0.15) is 31.0 Å². The summed E-state index contributed by atoms with van der Waals surface area (Å²) in [5, 5.41) is 0. The van der Waals surface area contributed by atoms with Gasteiger partial charge in [-0.1, -0.05) is 0 Å². The summed E-state index contributed by atoms with van der Waals surface area (Å²) in [7, 11) is 0. The second-order valence-corrected chi connectivity index (χ2v) is 5.53. The average molecular weight is 298 g/mol. The van der Waals surface area contributed by atoms with Crippen molar-refractivity contribution < 1.29 is 4.39 Å². The zero-order chi connectivity index (χ0) is 12.0. The Morgan fingerprint density at radius 1 is 1.41 bits per heavy atom. The molecular formula is C12H13BrFN3. The van der Waals surface area contributed by atoms with Gasteiger partial charge in [0.05, 0.1) is 15.5 Å². The van der Waals surface area contributed by atoms with Gasteiger partial charge in [0.15, 0.2) is 0 Å². The molecule has 90 valence electrons. The van der Waals surface area contributed by atoms with Crippen LogP contribution in [0.4, 0.5) is 4.39 Å². The molecule has 0 bridgehead atoms. The van der Waals surface area contributed by atoms with Gasteiger partial charge in [-0.25, -0.2) is 9.37 Å². The van der Waals surface area contributed by atoms with E-state index in [-0.39, 0.29) is 11.9 Å². The lowest BCUT2D eigenvalue weighted by molar-refractivity contribution is 0.622. The summed E-state index contributed by atoms with van der Waals surface area (Å²) in [6.07, 6.45) is 3.06. The van der Waals surface area contributed by atoms with Crippen LogP contribution in [0.25, 0.3) is 11.0 Å². The molecule has 1 aliphatic carbocycles. The summed E-state index contributed by atoms with van der Waals surface area (Å²) >= 11 is 3.17. The molecular weight excluding hydrogens is 285 g/mol. The van der Waals surface area contributed by atoms with E-state index < -0.39 is 0 Å². The number of H-pyrrole nitrogens is 1. The van der Waals surface area contributed by atoms with Crippen molar-refractivity contribution in [1.82, 2.24) is 9.97 Å². The Hall–Kier alpha value is -0.940. The lowest BCUT2D eigenvalue weighted by Gasteiger charge is -2.04. The van der Waals surface area contributed by atoms with Crippen molar-refractivity contribution in [2.75, 3.05) is 0 Å². The molecule has 2 unspecified atom stereocenters. The third-order valence-electron chi connectivity index (χ3n) is 3.40. The highest BCUT2D eigenvalue weighted by atomic mass is 79.9. The number of nitrogens with one attached hydrogen (secondary N) is 1. The highest BCUT2D eigenvalue weighted by Crippen LogP contribution is 2.33. The molecule has 0 spiro atoms. The number of fused-ring (bicyclic) bond motifs is 1. The number of halogens is 2. The molecule has 1 saturated carbocycles. The van der Waals surface area contributed by atoms with Crippen molar-refractivity contribution >= 4 is 27.0 Å². The third-order valence-corrected chi connectivity index (χ3v) is 4.01. The highest BCUT2D eigenvalue weighted by molar-refractivity contribution is 9.10. The molecule has 0 aliphatic heterocycles. The fourth-order valence-corrected chi connectivity index (χ4v) is 2.81. The number of aromatic nitrogens is 2. The maximum atomic E-state index is 13.4. The van der Waals surface area contributed by atoms with E-state index >= 15 is 0 Å². The number of benzene rings is 1. The number of nitrogens with two attached hydrogens (primary N) is 1. The molecule has 2 atom stereocenters. The summed E-state index contributed by atoms with van der Waals surface area (Å²) in [5.41, 5.74) is 7.45. The number of hydrogen-bond acceptors (Lipinski definition) is 2. The molecule has 2 aromatic rings. The van der Waals surface area contributed by atoms with Gasteiger partial charge in [-0.2, -0.15) is 0 Å². The summed E-state index contributed by atoms with van der Waals surface area (Å²) in [6.45, 7) is 0. The van der Waals surface area contributed by atoms with Gasteiger partial charge >= 0.3 is 0 Å². The van der Waals surface area contributed by atoms with Gasteiger partial charge in [-0.05, 0) is 41.3 Å². The summed E-state index contributed by atoms with van der Waals surface area (Å²) in [4.78, 5) is 7.72. The molecule has 1 heterocycles. The molecule has 3 rings (SSSR count). The zero-order valence-electron chi connectivity index (χ0n) is 9.21. The van der Waals surface area contributed by atoms with Crippen molar-refractivity contribution in [1.29, 1.82) is 0 Å². The van der Waals surface area contributed by atoms with Crippen molar-refractivity contribution in [3.63, 3.8) is 0 Å². The van der Waals surface area contributed by atoms with Crippen LogP contribution in [0.3, 0.4) is 0 Å². The van der Waals surface area contributed by atoms with E-state index in [4.69, 9.17) is 5.73 Å². The fourth-order valence-electron chi connectivity index (χ4n) is 2.48. The second-order valence-electron chi connectivity index (χ2n) is 4.68. The normalized spacial score (nSPS) is 24.6. The number of imidazole rings is 1. The Bertz CT molecular complexity index is 527. The van der Waals surface area contributed by atoms with Crippen LogP contribution in [0.2, 0.25) is 0 Å². The monoisotopic (exact) mass is 297 g/mol. The van der Waals surface area contributed by atoms with Crippen LogP contribution >= 0.6 is 15.9 Å². The van der Waals surface area contributed by atoms with Gasteiger partial charge in [-0.15, -0.1) is 0 Å². The van der Waals surface area contributed by atoms with E-state index in [1.807, 2.05) is 0 Å². The van der Waals surface area contributed by atoms with E-state index in [1.54, 1.807) is 6.07 Å². The van der Waals surface area contributed by atoms with Crippen LogP contribution < -0.4 is 5.73 Å². The summed E-state index contributed by atoms with van der Waals surface area (Å²) < 4.78 is 13.8. The molecule has 5 heteroatoms. The van der Waals surface area contributed by atoms with Gasteiger partial charge in [-0.3, -0.25) is 0 Å². The molecule has 1 fully saturated rings. The molecule has 3 nitrogen and oxygen atoms in total. The summed E-state index contributed by atoms with van der Waals surface area (Å²) in [5.74, 6) is 1.06. The minimum atomic E-state index is -0.268. The van der Waals surface area contributed by atoms with E-state index in [0.29, 0.717) is 10.4 Å². The largest absolute Gasteiger partial charge is 0.342 e. The molecule has 3 N–H and O–H groups in total. The van der Waals surface area contributed by atoms with Crippen molar-refractivity contribution in [2.45, 2.75) is 31.2 Å². The van der Waals surface area contributed by atoms with E-state index in [9.17, 15) is 4.39 Å². The third kappa shape index (κ3) is 1.98.